The van der Waals surface area contributed by atoms with Crippen molar-refractivity contribution in [3.05, 3.63) is 76.5 Å². The van der Waals surface area contributed by atoms with Crippen LogP contribution in [0.15, 0.2) is 65.4 Å². The average Bonchev–Trinajstić information content (AvgIpc) is 2.73. The number of methoxy groups -OCH3 is 2. The maximum atomic E-state index is 12.6. The Morgan fingerprint density at radius 1 is 0.964 bits per heavy atom. The number of rotatable bonds is 7. The minimum absolute atomic E-state index is 0.242. The van der Waals surface area contributed by atoms with Gasteiger partial charge >= 0.3 is 0 Å². The molecule has 7 heteroatoms. The summed E-state index contributed by atoms with van der Waals surface area (Å²) in [5.74, 6) is 1.54. The highest BCUT2D eigenvalue weighted by Gasteiger charge is 2.12. The molecule has 1 amide bonds. The summed E-state index contributed by atoms with van der Waals surface area (Å²) in [6.07, 6.45) is 3.42. The molecular weight excluding hydrogens is 424 g/mol. The van der Waals surface area contributed by atoms with Crippen molar-refractivity contribution in [3.63, 3.8) is 0 Å². The number of amides is 1. The second-order valence-electron chi connectivity index (χ2n) is 5.81. The minimum atomic E-state index is -0.242. The molecule has 3 rings (SSSR count). The Balaban J connectivity index is 1.75. The fourth-order valence-electron chi connectivity index (χ4n) is 2.52. The van der Waals surface area contributed by atoms with E-state index in [-0.39, 0.29) is 5.91 Å². The summed E-state index contributed by atoms with van der Waals surface area (Å²) in [6.45, 7) is 0.363. The highest BCUT2D eigenvalue weighted by atomic mass is 79.9. The zero-order valence-electron chi connectivity index (χ0n) is 15.4. The highest BCUT2D eigenvalue weighted by molar-refractivity contribution is 9.10. The molecule has 0 spiro atoms. The lowest BCUT2D eigenvalue weighted by Gasteiger charge is -2.13. The van der Waals surface area contributed by atoms with E-state index >= 15 is 0 Å². The van der Waals surface area contributed by atoms with E-state index in [1.54, 1.807) is 63.0 Å². The molecule has 0 bridgehead atoms. The van der Waals surface area contributed by atoms with Crippen LogP contribution in [0.2, 0.25) is 0 Å². The Morgan fingerprint density at radius 3 is 2.36 bits per heavy atom. The number of hydrogen-bond acceptors (Lipinski definition) is 5. The maximum absolute atomic E-state index is 12.6. The number of anilines is 1. The molecule has 1 aromatic heterocycles. The van der Waals surface area contributed by atoms with Gasteiger partial charge in [-0.2, -0.15) is 0 Å². The van der Waals surface area contributed by atoms with E-state index < -0.39 is 0 Å². The van der Waals surface area contributed by atoms with E-state index in [1.807, 2.05) is 12.1 Å². The molecule has 1 heterocycles. The molecule has 0 saturated carbocycles. The molecule has 0 aliphatic rings. The number of halogens is 1. The van der Waals surface area contributed by atoms with Crippen molar-refractivity contribution >= 4 is 27.5 Å². The van der Waals surface area contributed by atoms with Crippen LogP contribution in [0.5, 0.6) is 17.2 Å². The number of hydrogen-bond donors (Lipinski definition) is 1. The van der Waals surface area contributed by atoms with Gasteiger partial charge in [-0.05, 0) is 64.0 Å². The zero-order chi connectivity index (χ0) is 19.9. The van der Waals surface area contributed by atoms with Gasteiger partial charge in [-0.25, -0.2) is 0 Å². The third-order valence-electron chi connectivity index (χ3n) is 3.98. The molecule has 0 radical (unpaired) electrons. The van der Waals surface area contributed by atoms with Crippen molar-refractivity contribution in [2.75, 3.05) is 19.5 Å². The first-order valence-electron chi connectivity index (χ1n) is 8.45. The summed E-state index contributed by atoms with van der Waals surface area (Å²) < 4.78 is 17.1. The van der Waals surface area contributed by atoms with Crippen LogP contribution in [-0.4, -0.2) is 25.1 Å². The van der Waals surface area contributed by atoms with Gasteiger partial charge in [0.1, 0.15) is 12.4 Å². The molecule has 0 saturated heterocycles. The molecule has 144 valence electrons. The van der Waals surface area contributed by atoms with Crippen LogP contribution in [0.3, 0.4) is 0 Å². The Kier molecular flexibility index (Phi) is 6.49. The van der Waals surface area contributed by atoms with Crippen LogP contribution in [-0.2, 0) is 6.61 Å². The summed E-state index contributed by atoms with van der Waals surface area (Å²) >= 11 is 3.39. The normalized spacial score (nSPS) is 10.2. The molecule has 6 nitrogen and oxygen atoms in total. The van der Waals surface area contributed by atoms with Gasteiger partial charge in [-0.3, -0.25) is 9.78 Å². The zero-order valence-corrected chi connectivity index (χ0v) is 17.0. The maximum Gasteiger partial charge on any atom is 0.255 e. The van der Waals surface area contributed by atoms with E-state index in [0.29, 0.717) is 39.6 Å². The number of benzene rings is 2. The SMILES string of the molecule is COc1ccc(C(=O)Nc2ccc(OC)c(OCc3ccncc3)c2)cc1Br. The number of aromatic nitrogens is 1. The summed E-state index contributed by atoms with van der Waals surface area (Å²) in [5, 5.41) is 2.87. The smallest absolute Gasteiger partial charge is 0.255 e. The number of ether oxygens (including phenoxy) is 3. The van der Waals surface area contributed by atoms with Crippen LogP contribution in [0.25, 0.3) is 0 Å². The lowest BCUT2D eigenvalue weighted by molar-refractivity contribution is 0.102. The van der Waals surface area contributed by atoms with Gasteiger partial charge in [0.05, 0.1) is 18.7 Å². The monoisotopic (exact) mass is 442 g/mol. The lowest BCUT2D eigenvalue weighted by atomic mass is 10.2. The Labute approximate surface area is 171 Å². The van der Waals surface area contributed by atoms with Gasteiger partial charge in [0.2, 0.25) is 0 Å². The van der Waals surface area contributed by atoms with Crippen LogP contribution in [0, 0.1) is 0 Å². The molecule has 0 unspecified atom stereocenters. The molecule has 0 atom stereocenters. The molecule has 28 heavy (non-hydrogen) atoms. The largest absolute Gasteiger partial charge is 0.496 e. The summed E-state index contributed by atoms with van der Waals surface area (Å²) in [7, 11) is 3.15. The predicted molar refractivity (Wildman–Crippen MR) is 110 cm³/mol. The van der Waals surface area contributed by atoms with E-state index in [2.05, 4.69) is 26.2 Å². The Hall–Kier alpha value is -3.06. The van der Waals surface area contributed by atoms with E-state index in [9.17, 15) is 4.79 Å². The first-order chi connectivity index (χ1) is 13.6. The number of carbonyl (C=O) groups is 1. The Bertz CT molecular complexity index is 964. The second-order valence-corrected chi connectivity index (χ2v) is 6.67. The van der Waals surface area contributed by atoms with Gasteiger partial charge in [0.15, 0.2) is 11.5 Å². The van der Waals surface area contributed by atoms with Crippen molar-refractivity contribution in [2.24, 2.45) is 0 Å². The van der Waals surface area contributed by atoms with Gasteiger partial charge < -0.3 is 19.5 Å². The standard InChI is InChI=1S/C21H19BrN2O4/c1-26-18-5-3-15(11-17(18)22)21(25)24-16-4-6-19(27-2)20(12-16)28-13-14-7-9-23-10-8-14/h3-12H,13H2,1-2H3,(H,24,25). The van der Waals surface area contributed by atoms with Gasteiger partial charge in [0, 0.05) is 29.7 Å². The number of pyridine rings is 1. The Morgan fingerprint density at radius 2 is 1.68 bits per heavy atom. The minimum Gasteiger partial charge on any atom is -0.496 e. The predicted octanol–water partition coefficient (Wildman–Crippen LogP) is 4.69. The van der Waals surface area contributed by atoms with Crippen molar-refractivity contribution in [1.29, 1.82) is 0 Å². The lowest BCUT2D eigenvalue weighted by Crippen LogP contribution is -2.12. The van der Waals surface area contributed by atoms with Crippen LogP contribution < -0.4 is 19.5 Å². The molecule has 0 aliphatic heterocycles. The van der Waals surface area contributed by atoms with Crippen LogP contribution in [0.1, 0.15) is 15.9 Å². The molecule has 3 aromatic rings. The fourth-order valence-corrected chi connectivity index (χ4v) is 3.06. The van der Waals surface area contributed by atoms with Gasteiger partial charge in [0.25, 0.3) is 5.91 Å². The fraction of sp³-hybridized carbons (Fsp3) is 0.143. The average molecular weight is 443 g/mol. The van der Waals surface area contributed by atoms with Crippen molar-refractivity contribution in [1.82, 2.24) is 4.98 Å². The summed E-state index contributed by atoms with van der Waals surface area (Å²) in [4.78, 5) is 16.5. The number of nitrogens with zero attached hydrogens (tertiary/aromatic N) is 1. The van der Waals surface area contributed by atoms with Crippen LogP contribution in [0.4, 0.5) is 5.69 Å². The van der Waals surface area contributed by atoms with Gasteiger partial charge in [-0.1, -0.05) is 0 Å². The quantitative estimate of drug-likeness (QED) is 0.574. The first-order valence-corrected chi connectivity index (χ1v) is 9.24. The summed E-state index contributed by atoms with van der Waals surface area (Å²) in [6, 6.07) is 14.1. The highest BCUT2D eigenvalue weighted by Crippen LogP contribution is 2.31. The third kappa shape index (κ3) is 4.80. The van der Waals surface area contributed by atoms with Gasteiger partial charge in [-0.15, -0.1) is 0 Å². The second kappa shape index (κ2) is 9.23. The number of carbonyl (C=O) groups excluding carboxylic acids is 1. The van der Waals surface area contributed by atoms with Crippen molar-refractivity contribution in [2.45, 2.75) is 6.61 Å². The van der Waals surface area contributed by atoms with E-state index in [1.165, 1.54) is 0 Å². The molecule has 1 N–H and O–H groups in total. The molecule has 0 aliphatic carbocycles. The van der Waals surface area contributed by atoms with Crippen molar-refractivity contribution < 1.29 is 19.0 Å². The first kappa shape index (κ1) is 19.7. The van der Waals surface area contributed by atoms with E-state index in [4.69, 9.17) is 14.2 Å². The van der Waals surface area contributed by atoms with E-state index in [0.717, 1.165) is 5.56 Å². The third-order valence-corrected chi connectivity index (χ3v) is 4.60. The molecule has 2 aromatic carbocycles. The van der Waals surface area contributed by atoms with Crippen molar-refractivity contribution in [3.8, 4) is 17.2 Å². The molecule has 0 fully saturated rings. The summed E-state index contributed by atoms with van der Waals surface area (Å²) in [5.41, 5.74) is 2.08. The number of nitrogens with one attached hydrogen (secondary N) is 1. The molecular formula is C21H19BrN2O4. The topological polar surface area (TPSA) is 69.7 Å². The van der Waals surface area contributed by atoms with Crippen LogP contribution >= 0.6 is 15.9 Å².